The standard InChI is InChI=1S/C36H40N6O9/c1-5-19-47-20-25-31(32(50-29(45)8-4)26(49-25)21-48-28(44)7-3)41-22-37-30-33(41)39-35(38-27(43)6-2)40-34(30)51-36(46)42(23-15-11-9-12-16-23)24-17-13-10-14-18-24/h5,9-18,22,25-26,31-32H,1,6-8,19-21H2,2-4H3,(H,38,39,40,43)/t25-,26-,31-,32-/m0/s1. The minimum Gasteiger partial charge on any atom is -0.463 e. The summed E-state index contributed by atoms with van der Waals surface area (Å²) in [5, 5.41) is 2.63. The van der Waals surface area contributed by atoms with Crippen LogP contribution in [0.5, 0.6) is 5.88 Å². The summed E-state index contributed by atoms with van der Waals surface area (Å²) < 4.78 is 30.9. The molecule has 0 unspecified atom stereocenters. The highest BCUT2D eigenvalue weighted by molar-refractivity contribution is 5.98. The molecule has 5 rings (SSSR count). The maximum absolute atomic E-state index is 14.0. The lowest BCUT2D eigenvalue weighted by atomic mass is 10.0. The molecule has 15 nitrogen and oxygen atoms in total. The molecule has 2 aromatic heterocycles. The first kappa shape index (κ1) is 36.6. The quantitative estimate of drug-likeness (QED) is 0.0965. The Morgan fingerprint density at radius 3 is 2.18 bits per heavy atom. The lowest BCUT2D eigenvalue weighted by molar-refractivity contribution is -0.158. The summed E-state index contributed by atoms with van der Waals surface area (Å²) in [6.45, 7) is 8.72. The maximum atomic E-state index is 14.0. The fourth-order valence-corrected chi connectivity index (χ4v) is 5.44. The Morgan fingerprint density at radius 2 is 1.57 bits per heavy atom. The summed E-state index contributed by atoms with van der Waals surface area (Å²) in [4.78, 5) is 66.2. The van der Waals surface area contributed by atoms with E-state index in [0.717, 1.165) is 0 Å². The fourth-order valence-electron chi connectivity index (χ4n) is 5.44. The number of hydrogen-bond donors (Lipinski definition) is 1. The second-order valence-electron chi connectivity index (χ2n) is 11.3. The first-order valence-electron chi connectivity index (χ1n) is 16.6. The van der Waals surface area contributed by atoms with Crippen LogP contribution in [0.3, 0.4) is 0 Å². The molecule has 1 aliphatic rings. The number of ether oxygens (including phenoxy) is 5. The second kappa shape index (κ2) is 17.3. The SMILES string of the molecule is C=CCOC[C@@H]1O[C@@H](COC(=O)CC)[C@H](OC(=O)CC)[C@H]1n1cnc2c(OC(=O)N(c3ccccc3)c3ccccc3)nc(NC(=O)CC)nc21. The first-order valence-corrected chi connectivity index (χ1v) is 16.6. The summed E-state index contributed by atoms with van der Waals surface area (Å²) in [6.07, 6.45) is -0.0837. The molecule has 0 aliphatic carbocycles. The number of anilines is 3. The molecule has 51 heavy (non-hydrogen) atoms. The number of nitrogens with zero attached hydrogens (tertiary/aromatic N) is 5. The van der Waals surface area contributed by atoms with E-state index in [0.29, 0.717) is 11.4 Å². The number of hydrogen-bond acceptors (Lipinski definition) is 12. The summed E-state index contributed by atoms with van der Waals surface area (Å²) in [5.74, 6) is -1.75. The van der Waals surface area contributed by atoms with Crippen molar-refractivity contribution in [2.75, 3.05) is 30.0 Å². The second-order valence-corrected chi connectivity index (χ2v) is 11.3. The highest BCUT2D eigenvalue weighted by Gasteiger charge is 2.49. The summed E-state index contributed by atoms with van der Waals surface area (Å²) in [5.41, 5.74) is 1.28. The Bertz CT molecular complexity index is 1800. The van der Waals surface area contributed by atoms with E-state index in [4.69, 9.17) is 23.7 Å². The van der Waals surface area contributed by atoms with Crippen molar-refractivity contribution < 1.29 is 42.9 Å². The number of aromatic nitrogens is 4. The van der Waals surface area contributed by atoms with Crippen LogP contribution in [-0.2, 0) is 33.3 Å². The average Bonchev–Trinajstić information content (AvgIpc) is 3.71. The monoisotopic (exact) mass is 700 g/mol. The highest BCUT2D eigenvalue weighted by Crippen LogP contribution is 2.38. The third kappa shape index (κ3) is 8.74. The van der Waals surface area contributed by atoms with Crippen molar-refractivity contribution >= 4 is 52.4 Å². The van der Waals surface area contributed by atoms with Crippen molar-refractivity contribution in [1.82, 2.24) is 19.5 Å². The zero-order chi connectivity index (χ0) is 36.3. The highest BCUT2D eigenvalue weighted by atomic mass is 16.6. The van der Waals surface area contributed by atoms with Gasteiger partial charge in [0.25, 0.3) is 5.88 Å². The van der Waals surface area contributed by atoms with Crippen LogP contribution in [0.25, 0.3) is 11.2 Å². The molecule has 0 spiro atoms. The van der Waals surface area contributed by atoms with Crippen molar-refractivity contribution in [2.24, 2.45) is 0 Å². The Labute approximate surface area is 294 Å². The van der Waals surface area contributed by atoms with E-state index in [1.807, 2.05) is 12.1 Å². The zero-order valence-electron chi connectivity index (χ0n) is 28.6. The van der Waals surface area contributed by atoms with Gasteiger partial charge in [0.05, 0.1) is 30.9 Å². The van der Waals surface area contributed by atoms with Crippen LogP contribution < -0.4 is 15.0 Å². The molecule has 1 fully saturated rings. The number of fused-ring (bicyclic) bond motifs is 1. The molecule has 3 heterocycles. The molecule has 1 saturated heterocycles. The van der Waals surface area contributed by atoms with E-state index in [2.05, 4.69) is 26.8 Å². The minimum absolute atomic E-state index is 0.0320. The molecule has 1 N–H and O–H groups in total. The van der Waals surface area contributed by atoms with Crippen LogP contribution in [0.4, 0.5) is 22.1 Å². The molecule has 1 aliphatic heterocycles. The van der Waals surface area contributed by atoms with Crippen molar-refractivity contribution in [3.63, 3.8) is 0 Å². The van der Waals surface area contributed by atoms with Gasteiger partial charge in [-0.25, -0.2) is 14.7 Å². The Balaban J connectivity index is 1.61. The van der Waals surface area contributed by atoms with Crippen LogP contribution >= 0.6 is 0 Å². The topological polar surface area (TPSA) is 173 Å². The van der Waals surface area contributed by atoms with E-state index >= 15 is 0 Å². The molecule has 268 valence electrons. The number of nitrogens with one attached hydrogen (secondary N) is 1. The van der Waals surface area contributed by atoms with E-state index in [9.17, 15) is 19.2 Å². The minimum atomic E-state index is -0.988. The molecule has 0 radical (unpaired) electrons. The predicted molar refractivity (Wildman–Crippen MR) is 185 cm³/mol. The number of benzene rings is 2. The largest absolute Gasteiger partial charge is 0.463 e. The first-order chi connectivity index (χ1) is 24.8. The number of carbonyl (C=O) groups is 4. The lowest BCUT2D eigenvalue weighted by Gasteiger charge is -2.25. The zero-order valence-corrected chi connectivity index (χ0v) is 28.6. The fraction of sp³-hybridized carbons (Fsp3) is 0.361. The Morgan fingerprint density at radius 1 is 0.902 bits per heavy atom. The van der Waals surface area contributed by atoms with Crippen LogP contribution in [0.15, 0.2) is 79.6 Å². The van der Waals surface area contributed by atoms with Gasteiger partial charge < -0.3 is 28.3 Å². The predicted octanol–water partition coefficient (Wildman–Crippen LogP) is 5.30. The van der Waals surface area contributed by atoms with Gasteiger partial charge in [0.1, 0.15) is 24.9 Å². The lowest BCUT2D eigenvalue weighted by Crippen LogP contribution is -2.37. The van der Waals surface area contributed by atoms with Gasteiger partial charge >= 0.3 is 18.0 Å². The van der Waals surface area contributed by atoms with Crippen molar-refractivity contribution in [3.8, 4) is 5.88 Å². The molecule has 0 saturated carbocycles. The van der Waals surface area contributed by atoms with Gasteiger partial charge in [-0.1, -0.05) is 63.2 Å². The number of rotatable bonds is 15. The summed E-state index contributed by atoms with van der Waals surface area (Å²) in [6, 6.07) is 17.0. The van der Waals surface area contributed by atoms with Crippen LogP contribution in [0.1, 0.15) is 46.1 Å². The molecule has 4 aromatic rings. The smallest absolute Gasteiger partial charge is 0.425 e. The number of amides is 2. The number of imidazole rings is 1. The van der Waals surface area contributed by atoms with Crippen molar-refractivity contribution in [1.29, 1.82) is 0 Å². The van der Waals surface area contributed by atoms with Crippen LogP contribution in [0.2, 0.25) is 0 Å². The van der Waals surface area contributed by atoms with Gasteiger partial charge in [-0.05, 0) is 24.3 Å². The maximum Gasteiger partial charge on any atom is 0.425 e. The van der Waals surface area contributed by atoms with E-state index in [-0.39, 0.29) is 68.0 Å². The molecule has 0 bridgehead atoms. The third-order valence-electron chi connectivity index (χ3n) is 7.88. The number of esters is 2. The van der Waals surface area contributed by atoms with Gasteiger partial charge in [-0.3, -0.25) is 19.7 Å². The molecular formula is C36H40N6O9. The van der Waals surface area contributed by atoms with E-state index < -0.39 is 42.4 Å². The van der Waals surface area contributed by atoms with Gasteiger partial charge in [-0.2, -0.15) is 9.97 Å². The third-order valence-corrected chi connectivity index (χ3v) is 7.88. The van der Waals surface area contributed by atoms with Crippen molar-refractivity contribution in [2.45, 2.75) is 64.4 Å². The molecule has 4 atom stereocenters. The average molecular weight is 701 g/mol. The molecule has 2 aromatic carbocycles. The molecular weight excluding hydrogens is 660 g/mol. The van der Waals surface area contributed by atoms with Gasteiger partial charge in [0.2, 0.25) is 11.9 Å². The van der Waals surface area contributed by atoms with E-state index in [1.165, 1.54) is 11.2 Å². The normalized spacial score (nSPS) is 18.2. The van der Waals surface area contributed by atoms with Crippen LogP contribution in [0, 0.1) is 0 Å². The van der Waals surface area contributed by atoms with E-state index in [1.54, 1.807) is 79.9 Å². The number of para-hydroxylation sites is 2. The van der Waals surface area contributed by atoms with Crippen molar-refractivity contribution in [3.05, 3.63) is 79.6 Å². The summed E-state index contributed by atoms with van der Waals surface area (Å²) in [7, 11) is 0. The number of carbonyl (C=O) groups excluding carboxylic acids is 4. The van der Waals surface area contributed by atoms with Gasteiger partial charge in [0, 0.05) is 19.3 Å². The van der Waals surface area contributed by atoms with Gasteiger partial charge in [-0.15, -0.1) is 6.58 Å². The molecule has 2 amide bonds. The van der Waals surface area contributed by atoms with Gasteiger partial charge in [0.15, 0.2) is 17.3 Å². The Hall–Kier alpha value is -5.67. The molecule has 15 heteroatoms. The van der Waals surface area contributed by atoms with Crippen LogP contribution in [-0.4, -0.2) is 81.6 Å². The summed E-state index contributed by atoms with van der Waals surface area (Å²) >= 11 is 0. The Kier molecular flexibility index (Phi) is 12.4.